The van der Waals surface area contributed by atoms with Crippen molar-refractivity contribution in [3.05, 3.63) is 0 Å². The molecule has 6 heteroatoms. The average Bonchev–Trinajstić information content (AvgIpc) is 3.13. The molecule has 23 heavy (non-hydrogen) atoms. The maximum atomic E-state index is 11.9. The van der Waals surface area contributed by atoms with Gasteiger partial charge in [0.25, 0.3) is 0 Å². The monoisotopic (exact) mass is 344 g/mol. The van der Waals surface area contributed by atoms with Crippen LogP contribution in [0.1, 0.15) is 39.0 Å². The summed E-state index contributed by atoms with van der Waals surface area (Å²) >= 11 is 0. The molecule has 3 rings (SSSR count). The highest BCUT2D eigenvalue weighted by Gasteiger charge is 2.34. The molecule has 0 saturated carbocycles. The largest absolute Gasteiger partial charge is 0.377 e. The second kappa shape index (κ2) is 7.81. The Morgan fingerprint density at radius 3 is 2.74 bits per heavy atom. The molecular weight excluding hydrogens is 312 g/mol. The quantitative estimate of drug-likeness (QED) is 0.729. The average molecular weight is 345 g/mol. The molecule has 0 N–H and O–H groups in total. The molecule has 0 spiro atoms. The number of piperidine rings is 1. The van der Waals surface area contributed by atoms with E-state index in [0.717, 1.165) is 51.4 Å². The molecule has 0 aromatic heterocycles. The van der Waals surface area contributed by atoms with E-state index in [1.165, 1.54) is 25.9 Å². The van der Waals surface area contributed by atoms with Crippen LogP contribution in [0.2, 0.25) is 0 Å². The van der Waals surface area contributed by atoms with Gasteiger partial charge < -0.3 is 9.64 Å². The van der Waals surface area contributed by atoms with Gasteiger partial charge in [0.1, 0.15) is 0 Å². The van der Waals surface area contributed by atoms with Crippen LogP contribution in [0.15, 0.2) is 0 Å². The van der Waals surface area contributed by atoms with E-state index < -0.39 is 9.84 Å². The van der Waals surface area contributed by atoms with Crippen molar-refractivity contribution in [3.8, 4) is 0 Å². The fourth-order valence-corrected chi connectivity index (χ4v) is 6.06. The lowest BCUT2D eigenvalue weighted by Crippen LogP contribution is -2.46. The summed E-state index contributed by atoms with van der Waals surface area (Å²) in [5.41, 5.74) is 0. The van der Waals surface area contributed by atoms with Crippen molar-refractivity contribution in [1.29, 1.82) is 0 Å². The molecule has 0 radical (unpaired) electrons. The van der Waals surface area contributed by atoms with Gasteiger partial charge in [0.2, 0.25) is 0 Å². The number of sulfone groups is 1. The summed E-state index contributed by atoms with van der Waals surface area (Å²) in [6, 6.07) is 0.200. The first-order chi connectivity index (χ1) is 11.0. The van der Waals surface area contributed by atoms with Crippen LogP contribution in [-0.2, 0) is 14.6 Å². The van der Waals surface area contributed by atoms with Crippen molar-refractivity contribution in [2.24, 2.45) is 5.92 Å². The first-order valence-electron chi connectivity index (χ1n) is 9.30. The molecule has 0 aromatic rings. The first kappa shape index (κ1) is 17.6. The molecule has 3 fully saturated rings. The molecule has 0 unspecified atom stereocenters. The third-order valence-corrected chi connectivity index (χ3v) is 7.38. The van der Waals surface area contributed by atoms with Crippen molar-refractivity contribution in [1.82, 2.24) is 9.80 Å². The van der Waals surface area contributed by atoms with Gasteiger partial charge in [-0.2, -0.15) is 0 Å². The van der Waals surface area contributed by atoms with Crippen molar-refractivity contribution in [2.75, 3.05) is 50.8 Å². The standard InChI is InChI=1S/C17H32N2O3S/c1-15-4-2-7-18(12-15)8-9-19(13-17-5-3-10-22-17)16-6-11-23(20,21)14-16/h15-17H,2-14H2,1H3/t15-,16-,17+/m1/s1. The van der Waals surface area contributed by atoms with Crippen LogP contribution in [0.25, 0.3) is 0 Å². The molecule has 0 aromatic carbocycles. The number of nitrogens with zero attached hydrogens (tertiary/aromatic N) is 2. The van der Waals surface area contributed by atoms with Gasteiger partial charge in [-0.25, -0.2) is 8.42 Å². The highest BCUT2D eigenvalue weighted by atomic mass is 32.2. The van der Waals surface area contributed by atoms with Gasteiger partial charge in [-0.05, 0) is 44.6 Å². The lowest BCUT2D eigenvalue weighted by atomic mass is 10.0. The summed E-state index contributed by atoms with van der Waals surface area (Å²) in [6.45, 7) is 8.53. The summed E-state index contributed by atoms with van der Waals surface area (Å²) in [6.07, 6.45) is 6.01. The van der Waals surface area contributed by atoms with E-state index in [4.69, 9.17) is 4.74 Å². The highest BCUT2D eigenvalue weighted by Crippen LogP contribution is 2.22. The topological polar surface area (TPSA) is 49.9 Å². The number of rotatable bonds is 6. The third-order valence-electron chi connectivity index (χ3n) is 5.63. The molecule has 0 bridgehead atoms. The van der Waals surface area contributed by atoms with Crippen LogP contribution in [0.5, 0.6) is 0 Å². The van der Waals surface area contributed by atoms with E-state index in [0.29, 0.717) is 17.6 Å². The molecular formula is C17H32N2O3S. The molecule has 134 valence electrons. The van der Waals surface area contributed by atoms with Gasteiger partial charge in [0.05, 0.1) is 17.6 Å². The van der Waals surface area contributed by atoms with Crippen LogP contribution in [0.4, 0.5) is 0 Å². The van der Waals surface area contributed by atoms with Gasteiger partial charge in [0, 0.05) is 38.8 Å². The summed E-state index contributed by atoms with van der Waals surface area (Å²) in [4.78, 5) is 4.97. The fourth-order valence-electron chi connectivity index (χ4n) is 4.30. The Morgan fingerprint density at radius 2 is 2.09 bits per heavy atom. The number of ether oxygens (including phenoxy) is 1. The van der Waals surface area contributed by atoms with Crippen molar-refractivity contribution in [2.45, 2.75) is 51.2 Å². The molecule has 3 heterocycles. The molecule has 3 saturated heterocycles. The molecule has 3 atom stereocenters. The molecule has 0 amide bonds. The lowest BCUT2D eigenvalue weighted by Gasteiger charge is -2.35. The Morgan fingerprint density at radius 1 is 1.22 bits per heavy atom. The summed E-state index contributed by atoms with van der Waals surface area (Å²) < 4.78 is 29.5. The summed E-state index contributed by atoms with van der Waals surface area (Å²) in [5, 5.41) is 0. The van der Waals surface area contributed by atoms with Crippen molar-refractivity contribution >= 4 is 9.84 Å². The smallest absolute Gasteiger partial charge is 0.151 e. The molecule has 3 aliphatic heterocycles. The second-order valence-corrected chi connectivity index (χ2v) is 9.96. The lowest BCUT2D eigenvalue weighted by molar-refractivity contribution is 0.0531. The Labute approximate surface area is 141 Å². The van der Waals surface area contributed by atoms with Crippen LogP contribution in [-0.4, -0.2) is 81.2 Å². The van der Waals surface area contributed by atoms with E-state index in [1.54, 1.807) is 0 Å². The van der Waals surface area contributed by atoms with Gasteiger partial charge in [0.15, 0.2) is 9.84 Å². The minimum absolute atomic E-state index is 0.200. The Hall–Kier alpha value is -0.170. The Balaban J connectivity index is 1.55. The minimum atomic E-state index is -2.82. The maximum Gasteiger partial charge on any atom is 0.151 e. The molecule has 3 aliphatic rings. The summed E-state index contributed by atoms with van der Waals surface area (Å²) in [7, 11) is -2.82. The Kier molecular flexibility index (Phi) is 5.99. The zero-order chi connectivity index (χ0) is 16.3. The van der Waals surface area contributed by atoms with Gasteiger partial charge >= 0.3 is 0 Å². The van der Waals surface area contributed by atoms with Gasteiger partial charge in [-0.15, -0.1) is 0 Å². The number of hydrogen-bond donors (Lipinski definition) is 0. The minimum Gasteiger partial charge on any atom is -0.377 e. The fraction of sp³-hybridized carbons (Fsp3) is 1.00. The Bertz CT molecular complexity index is 476. The van der Waals surface area contributed by atoms with Gasteiger partial charge in [-0.3, -0.25) is 4.90 Å². The second-order valence-electron chi connectivity index (χ2n) is 7.73. The van der Waals surface area contributed by atoms with E-state index in [-0.39, 0.29) is 6.04 Å². The van der Waals surface area contributed by atoms with Crippen LogP contribution >= 0.6 is 0 Å². The predicted molar refractivity (Wildman–Crippen MR) is 92.4 cm³/mol. The number of hydrogen-bond acceptors (Lipinski definition) is 5. The third kappa shape index (κ3) is 5.15. The van der Waals surface area contributed by atoms with E-state index >= 15 is 0 Å². The van der Waals surface area contributed by atoms with E-state index in [2.05, 4.69) is 16.7 Å². The van der Waals surface area contributed by atoms with Crippen molar-refractivity contribution < 1.29 is 13.2 Å². The zero-order valence-electron chi connectivity index (χ0n) is 14.5. The van der Waals surface area contributed by atoms with E-state index in [9.17, 15) is 8.42 Å². The predicted octanol–water partition coefficient (Wildman–Crippen LogP) is 1.39. The SMILES string of the molecule is C[C@@H]1CCCN(CCN(C[C@@H]2CCCO2)[C@@H]2CCS(=O)(=O)C2)C1. The molecule has 0 aliphatic carbocycles. The van der Waals surface area contributed by atoms with Crippen LogP contribution in [0, 0.1) is 5.92 Å². The summed E-state index contributed by atoms with van der Waals surface area (Å²) in [5.74, 6) is 1.50. The zero-order valence-corrected chi connectivity index (χ0v) is 15.3. The maximum absolute atomic E-state index is 11.9. The van der Waals surface area contributed by atoms with E-state index in [1.807, 2.05) is 0 Å². The molecule has 5 nitrogen and oxygen atoms in total. The van der Waals surface area contributed by atoms with Gasteiger partial charge in [-0.1, -0.05) is 6.92 Å². The first-order valence-corrected chi connectivity index (χ1v) is 11.1. The van der Waals surface area contributed by atoms with Crippen molar-refractivity contribution in [3.63, 3.8) is 0 Å². The van der Waals surface area contributed by atoms with Crippen LogP contribution in [0.3, 0.4) is 0 Å². The highest BCUT2D eigenvalue weighted by molar-refractivity contribution is 7.91. The normalized spacial score (nSPS) is 35.1. The van der Waals surface area contributed by atoms with Crippen LogP contribution < -0.4 is 0 Å². The number of likely N-dealkylation sites (tertiary alicyclic amines) is 1.